The molecule has 24 heavy (non-hydrogen) atoms. The highest BCUT2D eigenvalue weighted by molar-refractivity contribution is 5.93. The average molecular weight is 324 g/mol. The number of imidazole rings is 1. The Bertz CT molecular complexity index is 891. The molecule has 1 saturated heterocycles. The minimum atomic E-state index is -0.0364. The molecule has 1 amide bonds. The summed E-state index contributed by atoms with van der Waals surface area (Å²) >= 11 is 0. The van der Waals surface area contributed by atoms with E-state index in [1.54, 1.807) is 16.8 Å². The predicted octanol–water partition coefficient (Wildman–Crippen LogP) is 2.06. The molecular weight excluding hydrogens is 304 g/mol. The molecule has 0 spiro atoms. The van der Waals surface area contributed by atoms with Gasteiger partial charge < -0.3 is 4.90 Å². The third-order valence-corrected chi connectivity index (χ3v) is 4.87. The number of aromatic nitrogens is 5. The number of hydrogen-bond acceptors (Lipinski definition) is 4. The first-order chi connectivity index (χ1) is 11.6. The SMILES string of the molecule is Cc1nn(C)c(C)c1[C@@H]1CCCN1C(=O)c1cn2cccnc2n1. The van der Waals surface area contributed by atoms with E-state index in [4.69, 9.17) is 0 Å². The van der Waals surface area contributed by atoms with Crippen molar-refractivity contribution in [3.05, 3.63) is 47.3 Å². The van der Waals surface area contributed by atoms with Gasteiger partial charge in [0.2, 0.25) is 5.78 Å². The molecule has 0 N–H and O–H groups in total. The summed E-state index contributed by atoms with van der Waals surface area (Å²) in [7, 11) is 1.95. The average Bonchev–Trinajstić information content (AvgIpc) is 3.25. The Morgan fingerprint density at radius 1 is 1.33 bits per heavy atom. The van der Waals surface area contributed by atoms with Crippen molar-refractivity contribution in [2.75, 3.05) is 6.54 Å². The highest BCUT2D eigenvalue weighted by atomic mass is 16.2. The summed E-state index contributed by atoms with van der Waals surface area (Å²) in [6.45, 7) is 4.82. The molecule has 0 aromatic carbocycles. The summed E-state index contributed by atoms with van der Waals surface area (Å²) in [5.74, 6) is 0.510. The summed E-state index contributed by atoms with van der Waals surface area (Å²) in [5, 5.41) is 4.51. The number of fused-ring (bicyclic) bond motifs is 1. The summed E-state index contributed by atoms with van der Waals surface area (Å²) in [6.07, 6.45) is 7.24. The molecule has 7 nitrogen and oxygen atoms in total. The first kappa shape index (κ1) is 14.9. The fraction of sp³-hybridized carbons (Fsp3) is 0.412. The van der Waals surface area contributed by atoms with Crippen molar-refractivity contribution in [2.45, 2.75) is 32.7 Å². The van der Waals surface area contributed by atoms with Gasteiger partial charge in [-0.1, -0.05) is 0 Å². The molecule has 4 heterocycles. The van der Waals surface area contributed by atoms with Crippen LogP contribution >= 0.6 is 0 Å². The van der Waals surface area contributed by atoms with Crippen LogP contribution in [0.15, 0.2) is 24.7 Å². The van der Waals surface area contributed by atoms with Gasteiger partial charge in [0.25, 0.3) is 5.91 Å². The Morgan fingerprint density at radius 2 is 2.17 bits per heavy atom. The number of rotatable bonds is 2. The number of aryl methyl sites for hydroxylation is 2. The first-order valence-electron chi connectivity index (χ1n) is 8.17. The van der Waals surface area contributed by atoms with E-state index in [1.807, 2.05) is 35.8 Å². The molecule has 1 aliphatic heterocycles. The Balaban J connectivity index is 1.70. The molecule has 3 aromatic heterocycles. The smallest absolute Gasteiger partial charge is 0.274 e. The van der Waals surface area contributed by atoms with E-state index in [-0.39, 0.29) is 11.9 Å². The maximum atomic E-state index is 13.0. The zero-order valence-corrected chi connectivity index (χ0v) is 14.1. The maximum absolute atomic E-state index is 13.0. The van der Waals surface area contributed by atoms with Crippen molar-refractivity contribution in [1.82, 2.24) is 29.0 Å². The number of hydrogen-bond donors (Lipinski definition) is 0. The molecule has 0 aliphatic carbocycles. The van der Waals surface area contributed by atoms with Crippen LogP contribution in [0.5, 0.6) is 0 Å². The van der Waals surface area contributed by atoms with Gasteiger partial charge >= 0.3 is 0 Å². The van der Waals surface area contributed by atoms with Gasteiger partial charge in [-0.3, -0.25) is 13.9 Å². The monoisotopic (exact) mass is 324 g/mol. The molecule has 0 radical (unpaired) electrons. The third-order valence-electron chi connectivity index (χ3n) is 4.87. The molecule has 1 fully saturated rings. The fourth-order valence-corrected chi connectivity index (χ4v) is 3.66. The van der Waals surface area contributed by atoms with Crippen LogP contribution in [0.25, 0.3) is 5.78 Å². The van der Waals surface area contributed by atoms with Crippen LogP contribution in [0.4, 0.5) is 0 Å². The van der Waals surface area contributed by atoms with Crippen molar-refractivity contribution < 1.29 is 4.79 Å². The molecule has 0 saturated carbocycles. The number of likely N-dealkylation sites (tertiary alicyclic amines) is 1. The zero-order chi connectivity index (χ0) is 16.8. The number of nitrogens with zero attached hydrogens (tertiary/aromatic N) is 6. The van der Waals surface area contributed by atoms with E-state index in [0.717, 1.165) is 30.8 Å². The molecule has 1 aliphatic rings. The van der Waals surface area contributed by atoms with Gasteiger partial charge in [0.15, 0.2) is 0 Å². The molecule has 124 valence electrons. The Labute approximate surface area is 139 Å². The van der Waals surface area contributed by atoms with Crippen molar-refractivity contribution >= 4 is 11.7 Å². The summed E-state index contributed by atoms with van der Waals surface area (Å²) in [4.78, 5) is 23.5. The number of carbonyl (C=O) groups excluding carboxylic acids is 1. The van der Waals surface area contributed by atoms with Gasteiger partial charge in [-0.2, -0.15) is 5.10 Å². The van der Waals surface area contributed by atoms with Crippen LogP contribution in [0.2, 0.25) is 0 Å². The Hall–Kier alpha value is -2.70. The topological polar surface area (TPSA) is 68.3 Å². The van der Waals surface area contributed by atoms with Gasteiger partial charge in [-0.25, -0.2) is 9.97 Å². The number of amides is 1. The van der Waals surface area contributed by atoms with Crippen LogP contribution < -0.4 is 0 Å². The number of carbonyl (C=O) groups is 1. The minimum absolute atomic E-state index is 0.0364. The zero-order valence-electron chi connectivity index (χ0n) is 14.1. The lowest BCUT2D eigenvalue weighted by Crippen LogP contribution is -2.31. The lowest BCUT2D eigenvalue weighted by atomic mass is 10.0. The minimum Gasteiger partial charge on any atom is -0.330 e. The van der Waals surface area contributed by atoms with Crippen molar-refractivity contribution in [3.8, 4) is 0 Å². The third kappa shape index (κ3) is 2.19. The van der Waals surface area contributed by atoms with Crippen LogP contribution in [0, 0.1) is 13.8 Å². The largest absolute Gasteiger partial charge is 0.330 e. The molecular formula is C17H20N6O. The molecule has 1 atom stereocenters. The second-order valence-corrected chi connectivity index (χ2v) is 6.32. The summed E-state index contributed by atoms with van der Waals surface area (Å²) in [5.41, 5.74) is 3.73. The summed E-state index contributed by atoms with van der Waals surface area (Å²) in [6, 6.07) is 1.90. The molecule has 0 unspecified atom stereocenters. The lowest BCUT2D eigenvalue weighted by molar-refractivity contribution is 0.0729. The van der Waals surface area contributed by atoms with Crippen LogP contribution in [-0.2, 0) is 7.05 Å². The van der Waals surface area contributed by atoms with E-state index >= 15 is 0 Å². The van der Waals surface area contributed by atoms with Gasteiger partial charge in [-0.15, -0.1) is 0 Å². The molecule has 3 aromatic rings. The van der Waals surface area contributed by atoms with Gasteiger partial charge in [0.1, 0.15) is 5.69 Å². The second-order valence-electron chi connectivity index (χ2n) is 6.32. The van der Waals surface area contributed by atoms with Crippen molar-refractivity contribution in [2.24, 2.45) is 7.05 Å². The van der Waals surface area contributed by atoms with Crippen LogP contribution in [-0.4, -0.2) is 41.5 Å². The second kappa shape index (κ2) is 5.43. The molecule has 4 rings (SSSR count). The predicted molar refractivity (Wildman–Crippen MR) is 88.7 cm³/mol. The first-order valence-corrected chi connectivity index (χ1v) is 8.17. The van der Waals surface area contributed by atoms with Crippen LogP contribution in [0.3, 0.4) is 0 Å². The fourth-order valence-electron chi connectivity index (χ4n) is 3.66. The molecule has 0 bridgehead atoms. The van der Waals surface area contributed by atoms with Crippen molar-refractivity contribution in [3.63, 3.8) is 0 Å². The normalized spacial score (nSPS) is 17.8. The highest BCUT2D eigenvalue weighted by Crippen LogP contribution is 2.36. The van der Waals surface area contributed by atoms with E-state index in [2.05, 4.69) is 22.0 Å². The van der Waals surface area contributed by atoms with Gasteiger partial charge in [0, 0.05) is 43.4 Å². The van der Waals surface area contributed by atoms with E-state index in [0.29, 0.717) is 11.5 Å². The van der Waals surface area contributed by atoms with Gasteiger partial charge in [-0.05, 0) is 32.8 Å². The Kier molecular flexibility index (Phi) is 3.37. The quantitative estimate of drug-likeness (QED) is 0.723. The maximum Gasteiger partial charge on any atom is 0.274 e. The molecule has 7 heteroatoms. The highest BCUT2D eigenvalue weighted by Gasteiger charge is 2.34. The Morgan fingerprint density at radius 3 is 2.88 bits per heavy atom. The van der Waals surface area contributed by atoms with Crippen LogP contribution in [0.1, 0.15) is 46.3 Å². The van der Waals surface area contributed by atoms with Crippen molar-refractivity contribution in [1.29, 1.82) is 0 Å². The van der Waals surface area contributed by atoms with E-state index in [1.165, 1.54) is 5.56 Å². The lowest BCUT2D eigenvalue weighted by Gasteiger charge is -2.24. The van der Waals surface area contributed by atoms with Gasteiger partial charge in [0.05, 0.1) is 11.7 Å². The van der Waals surface area contributed by atoms with E-state index in [9.17, 15) is 4.79 Å². The summed E-state index contributed by atoms with van der Waals surface area (Å²) < 4.78 is 3.67. The standard InChI is InChI=1S/C17H20N6O/c1-11-15(12(2)21(3)20-11)14-6-4-9-23(14)16(24)13-10-22-8-5-7-18-17(22)19-13/h5,7-8,10,14H,4,6,9H2,1-3H3/t14-/m0/s1. The van der Waals surface area contributed by atoms with E-state index < -0.39 is 0 Å².